The third-order valence-corrected chi connectivity index (χ3v) is 4.35. The van der Waals surface area contributed by atoms with Crippen molar-refractivity contribution in [1.29, 1.82) is 0 Å². The van der Waals surface area contributed by atoms with Crippen LogP contribution in [0.2, 0.25) is 0 Å². The highest BCUT2D eigenvalue weighted by molar-refractivity contribution is 5.82. The van der Waals surface area contributed by atoms with Crippen LogP contribution in [-0.2, 0) is 9.59 Å². The van der Waals surface area contributed by atoms with Gasteiger partial charge < -0.3 is 14.7 Å². The maximum absolute atomic E-state index is 12.1. The number of carboxylic acid groups (broad SMARTS) is 1. The van der Waals surface area contributed by atoms with Crippen LogP contribution in [0.1, 0.15) is 0 Å². The van der Waals surface area contributed by atoms with Crippen LogP contribution in [-0.4, -0.2) is 58.8 Å². The topological polar surface area (TPSA) is 83.0 Å². The van der Waals surface area contributed by atoms with Crippen LogP contribution in [0.25, 0.3) is 0 Å². The molecule has 134 valence electrons. The van der Waals surface area contributed by atoms with Gasteiger partial charge in [-0.3, -0.25) is 4.98 Å². The van der Waals surface area contributed by atoms with E-state index in [0.717, 1.165) is 11.8 Å². The van der Waals surface area contributed by atoms with Gasteiger partial charge in [0.05, 0.1) is 6.08 Å². The van der Waals surface area contributed by atoms with E-state index < -0.39 is 11.7 Å². The Morgan fingerprint density at radius 2 is 1.77 bits per heavy atom. The lowest BCUT2D eigenvalue weighted by Gasteiger charge is -2.43. The molecule has 2 aromatic rings. The highest BCUT2D eigenvalue weighted by atomic mass is 16.5. The Balaban J connectivity index is 1.82. The van der Waals surface area contributed by atoms with E-state index in [0.29, 0.717) is 31.9 Å². The lowest BCUT2D eigenvalue weighted by Crippen LogP contribution is -2.63. The Morgan fingerprint density at radius 1 is 1.12 bits per heavy atom. The number of aromatic nitrogens is 1. The first kappa shape index (κ1) is 17.7. The van der Waals surface area contributed by atoms with Crippen LogP contribution in [0, 0.1) is 0 Å². The van der Waals surface area contributed by atoms with Crippen LogP contribution in [0.15, 0.2) is 60.9 Å². The second kappa shape index (κ2) is 7.82. The van der Waals surface area contributed by atoms with E-state index in [9.17, 15) is 14.7 Å². The number of hydrogen-bond donors (Lipinski definition) is 1. The van der Waals surface area contributed by atoms with Crippen molar-refractivity contribution in [3.05, 3.63) is 60.9 Å². The normalized spacial score (nSPS) is 17.0. The molecule has 1 aromatic heterocycles. The van der Waals surface area contributed by atoms with Crippen LogP contribution in [0.3, 0.4) is 0 Å². The molecule has 1 saturated heterocycles. The molecule has 7 heteroatoms. The van der Waals surface area contributed by atoms with Gasteiger partial charge in [-0.25, -0.2) is 14.5 Å². The van der Waals surface area contributed by atoms with Crippen molar-refractivity contribution in [3.63, 3.8) is 0 Å². The van der Waals surface area contributed by atoms with E-state index in [-0.39, 0.29) is 0 Å². The predicted octanol–water partition coefficient (Wildman–Crippen LogP) is 1.45. The molecular weight excluding hydrogens is 334 g/mol. The van der Waals surface area contributed by atoms with Crippen LogP contribution in [0.5, 0.6) is 5.75 Å². The van der Waals surface area contributed by atoms with Gasteiger partial charge in [-0.15, -0.1) is 0 Å². The van der Waals surface area contributed by atoms with E-state index >= 15 is 0 Å². The minimum Gasteiger partial charge on any atom is -0.477 e. The van der Waals surface area contributed by atoms with Crippen LogP contribution >= 0.6 is 0 Å². The van der Waals surface area contributed by atoms with Crippen LogP contribution in [0.4, 0.5) is 5.69 Å². The van der Waals surface area contributed by atoms with E-state index in [1.54, 1.807) is 53.6 Å². The predicted molar refractivity (Wildman–Crippen MR) is 95.7 cm³/mol. The average Bonchev–Trinajstić information content (AvgIpc) is 2.69. The summed E-state index contributed by atoms with van der Waals surface area (Å²) in [6.45, 7) is 2.03. The number of ether oxygens (including phenoxy) is 1. The molecule has 26 heavy (non-hydrogen) atoms. The van der Waals surface area contributed by atoms with E-state index in [4.69, 9.17) is 4.74 Å². The van der Waals surface area contributed by atoms with Crippen molar-refractivity contribution in [1.82, 2.24) is 9.88 Å². The molecule has 0 saturated carbocycles. The monoisotopic (exact) mass is 353 g/mol. The Labute approximate surface area is 151 Å². The van der Waals surface area contributed by atoms with Gasteiger partial charge in [0.25, 0.3) is 5.72 Å². The third kappa shape index (κ3) is 3.59. The second-order valence-corrected chi connectivity index (χ2v) is 5.86. The Hall–Kier alpha value is -3.15. The van der Waals surface area contributed by atoms with Gasteiger partial charge in [-0.2, -0.15) is 0 Å². The van der Waals surface area contributed by atoms with Crippen molar-refractivity contribution >= 4 is 17.6 Å². The summed E-state index contributed by atoms with van der Waals surface area (Å²) >= 11 is 0. The van der Waals surface area contributed by atoms with Gasteiger partial charge in [0.2, 0.25) is 0 Å². The number of hydrogen-bond acceptors (Lipinski definition) is 6. The summed E-state index contributed by atoms with van der Waals surface area (Å²) in [5.74, 6) is 0.731. The summed E-state index contributed by atoms with van der Waals surface area (Å²) in [5.41, 5.74) is -0.858. The molecule has 0 bridgehead atoms. The molecule has 1 atom stereocenters. The maximum atomic E-state index is 12.1. The quantitative estimate of drug-likeness (QED) is 0.787. The lowest BCUT2D eigenvalue weighted by molar-refractivity contribution is -0.167. The smallest absolute Gasteiger partial charge is 0.369 e. The summed E-state index contributed by atoms with van der Waals surface area (Å²) in [6.07, 6.45) is 4.37. The number of rotatable bonds is 6. The fourth-order valence-electron chi connectivity index (χ4n) is 3.03. The largest absolute Gasteiger partial charge is 0.477 e. The first-order valence-electron chi connectivity index (χ1n) is 8.25. The molecule has 0 radical (unpaired) electrons. The number of carbonyl (C=O) groups excluding carboxylic acids is 1. The minimum atomic E-state index is -1.88. The number of aliphatic carboxylic acids is 1. The third-order valence-electron chi connectivity index (χ3n) is 4.35. The van der Waals surface area contributed by atoms with Crippen molar-refractivity contribution < 1.29 is 19.4 Å². The first-order chi connectivity index (χ1) is 12.7. The zero-order valence-corrected chi connectivity index (χ0v) is 14.1. The molecule has 2 heterocycles. The van der Waals surface area contributed by atoms with Crippen molar-refractivity contribution in [2.75, 3.05) is 31.1 Å². The highest BCUT2D eigenvalue weighted by Crippen LogP contribution is 2.26. The van der Waals surface area contributed by atoms with Crippen LogP contribution < -0.4 is 9.64 Å². The van der Waals surface area contributed by atoms with E-state index in [1.165, 1.54) is 0 Å². The SMILES string of the molecule is O=C=CC(Oc1ccccc1)(C(=O)O)N1CCN(c2ccncc2)CC1. The van der Waals surface area contributed by atoms with E-state index in [2.05, 4.69) is 9.88 Å². The fraction of sp³-hybridized carbons (Fsp3) is 0.263. The van der Waals surface area contributed by atoms with Gasteiger partial charge >= 0.3 is 5.97 Å². The number of piperazine rings is 1. The van der Waals surface area contributed by atoms with Gasteiger partial charge in [0.1, 0.15) is 11.7 Å². The number of pyridine rings is 1. The van der Waals surface area contributed by atoms with Crippen molar-refractivity contribution in [3.8, 4) is 5.75 Å². The molecule has 1 aliphatic rings. The Morgan fingerprint density at radius 3 is 2.35 bits per heavy atom. The van der Waals surface area contributed by atoms with Crippen molar-refractivity contribution in [2.45, 2.75) is 5.72 Å². The highest BCUT2D eigenvalue weighted by Gasteiger charge is 2.47. The summed E-state index contributed by atoms with van der Waals surface area (Å²) in [5, 5.41) is 9.85. The summed E-state index contributed by atoms with van der Waals surface area (Å²) in [4.78, 5) is 30.9. The van der Waals surface area contributed by atoms with Gasteiger partial charge in [0, 0.05) is 44.3 Å². The average molecular weight is 353 g/mol. The number of para-hydroxylation sites is 1. The molecular formula is C19H19N3O4. The summed E-state index contributed by atoms with van der Waals surface area (Å²) < 4.78 is 5.76. The Bertz CT molecular complexity index is 781. The molecule has 0 aliphatic carbocycles. The van der Waals surface area contributed by atoms with Gasteiger partial charge in [-0.05, 0) is 24.3 Å². The lowest BCUT2D eigenvalue weighted by atomic mass is 10.1. The molecule has 0 spiro atoms. The summed E-state index contributed by atoms with van der Waals surface area (Å²) in [6, 6.07) is 12.4. The Kier molecular flexibility index (Phi) is 5.31. The molecule has 7 nitrogen and oxygen atoms in total. The molecule has 3 rings (SSSR count). The van der Waals surface area contributed by atoms with Crippen molar-refractivity contribution in [2.24, 2.45) is 0 Å². The number of nitrogens with zero attached hydrogens (tertiary/aromatic N) is 3. The second-order valence-electron chi connectivity index (χ2n) is 5.86. The number of carboxylic acids is 1. The van der Waals surface area contributed by atoms with Gasteiger partial charge in [0.15, 0.2) is 0 Å². The van der Waals surface area contributed by atoms with E-state index in [1.807, 2.05) is 12.1 Å². The summed E-state index contributed by atoms with van der Waals surface area (Å²) in [7, 11) is 0. The molecule has 0 amide bonds. The first-order valence-corrected chi connectivity index (χ1v) is 8.25. The molecule has 1 aliphatic heterocycles. The number of carbonyl (C=O) groups is 1. The zero-order chi connectivity index (χ0) is 18.4. The number of anilines is 1. The molecule has 1 fully saturated rings. The maximum Gasteiger partial charge on any atom is 0.369 e. The minimum absolute atomic E-state index is 0.373. The zero-order valence-electron chi connectivity index (χ0n) is 14.1. The molecule has 1 aromatic carbocycles. The van der Waals surface area contributed by atoms with Gasteiger partial charge in [-0.1, -0.05) is 18.2 Å². The molecule has 1 N–H and O–H groups in total. The molecule has 1 unspecified atom stereocenters. The fourth-order valence-corrected chi connectivity index (χ4v) is 3.03. The standard InChI is InChI=1S/C19H19N3O4/c23-15-8-19(18(24)25,26-17-4-2-1-3-5-17)22-13-11-21(12-14-22)16-6-9-20-10-7-16/h1-10H,11-14H2,(H,24,25). The number of benzene rings is 1.